The zero-order chi connectivity index (χ0) is 21.1. The number of rotatable bonds is 7. The summed E-state index contributed by atoms with van der Waals surface area (Å²) in [6, 6.07) is 19.6. The summed E-state index contributed by atoms with van der Waals surface area (Å²) in [5, 5.41) is 21.7. The average Bonchev–Trinajstić information content (AvgIpc) is 3.07. The van der Waals surface area contributed by atoms with Crippen LogP contribution in [0.5, 0.6) is 0 Å². The van der Waals surface area contributed by atoms with Crippen LogP contribution in [0.4, 0.5) is 0 Å². The molecule has 0 unspecified atom stereocenters. The lowest BCUT2D eigenvalue weighted by molar-refractivity contribution is -0.202. The Morgan fingerprint density at radius 1 is 0.800 bits per heavy atom. The van der Waals surface area contributed by atoms with E-state index in [1.807, 2.05) is 74.5 Å². The molecule has 2 aliphatic rings. The van der Waals surface area contributed by atoms with E-state index in [9.17, 15) is 10.2 Å². The van der Waals surface area contributed by atoms with E-state index in [2.05, 4.69) is 0 Å². The maximum atomic E-state index is 10.9. The van der Waals surface area contributed by atoms with Gasteiger partial charge in [0.15, 0.2) is 5.79 Å². The molecular weight excluding hydrogens is 384 g/mol. The molecule has 1 saturated carbocycles. The molecule has 2 fully saturated rings. The molecule has 1 saturated heterocycles. The lowest BCUT2D eigenvalue weighted by Crippen LogP contribution is -2.61. The highest BCUT2D eigenvalue weighted by Gasteiger charge is 2.58. The zero-order valence-corrected chi connectivity index (χ0v) is 17.4. The number of hydrogen-bond donors (Lipinski definition) is 2. The largest absolute Gasteiger partial charge is 0.390 e. The van der Waals surface area contributed by atoms with Gasteiger partial charge in [-0.1, -0.05) is 60.7 Å². The first-order chi connectivity index (χ1) is 14.4. The van der Waals surface area contributed by atoms with Gasteiger partial charge in [-0.05, 0) is 25.0 Å². The van der Waals surface area contributed by atoms with E-state index in [0.29, 0.717) is 13.2 Å². The molecule has 6 atom stereocenters. The van der Waals surface area contributed by atoms with Crippen molar-refractivity contribution in [2.75, 3.05) is 6.61 Å². The molecule has 6 heteroatoms. The van der Waals surface area contributed by atoms with Gasteiger partial charge in [-0.15, -0.1) is 0 Å². The van der Waals surface area contributed by atoms with E-state index >= 15 is 0 Å². The Morgan fingerprint density at radius 3 is 2.00 bits per heavy atom. The molecule has 1 aliphatic carbocycles. The van der Waals surface area contributed by atoms with Gasteiger partial charge >= 0.3 is 0 Å². The average molecular weight is 414 g/mol. The van der Waals surface area contributed by atoms with Gasteiger partial charge in [0.2, 0.25) is 0 Å². The molecule has 162 valence electrons. The second-order valence-electron chi connectivity index (χ2n) is 8.47. The predicted molar refractivity (Wildman–Crippen MR) is 110 cm³/mol. The summed E-state index contributed by atoms with van der Waals surface area (Å²) >= 11 is 0. The predicted octanol–water partition coefficient (Wildman–Crippen LogP) is 2.66. The first kappa shape index (κ1) is 21.4. The number of hydrogen-bond acceptors (Lipinski definition) is 6. The van der Waals surface area contributed by atoms with Crippen molar-refractivity contribution in [1.29, 1.82) is 0 Å². The fourth-order valence-corrected chi connectivity index (χ4v) is 4.28. The Morgan fingerprint density at radius 2 is 1.37 bits per heavy atom. The highest BCUT2D eigenvalue weighted by atomic mass is 16.8. The molecule has 0 aromatic heterocycles. The van der Waals surface area contributed by atoms with E-state index in [1.165, 1.54) is 0 Å². The quantitative estimate of drug-likeness (QED) is 0.725. The molecule has 0 amide bonds. The zero-order valence-electron chi connectivity index (χ0n) is 17.4. The second-order valence-corrected chi connectivity index (χ2v) is 8.47. The van der Waals surface area contributed by atoms with Crippen LogP contribution in [-0.4, -0.2) is 53.1 Å². The van der Waals surface area contributed by atoms with Gasteiger partial charge in [-0.2, -0.15) is 0 Å². The third-order valence-electron chi connectivity index (χ3n) is 5.74. The summed E-state index contributed by atoms with van der Waals surface area (Å²) in [4.78, 5) is 0. The normalized spacial score (nSPS) is 32.7. The highest BCUT2D eigenvalue weighted by Crippen LogP contribution is 2.41. The summed E-state index contributed by atoms with van der Waals surface area (Å²) in [6.07, 6.45) is -3.77. The lowest BCUT2D eigenvalue weighted by atomic mass is 9.78. The first-order valence-corrected chi connectivity index (χ1v) is 10.4. The highest BCUT2D eigenvalue weighted by molar-refractivity contribution is 5.14. The molecule has 6 nitrogen and oxygen atoms in total. The SMILES string of the molecule is CC1(C)O[C@H]2[C@H](OCc3ccccc3)[C@@H](O)[C@H](O)[C@H](COCc3ccccc3)[C@H]2O1. The molecule has 1 heterocycles. The third kappa shape index (κ3) is 4.75. The number of aliphatic hydroxyl groups excluding tert-OH is 2. The number of aliphatic hydroxyl groups is 2. The molecule has 2 aromatic rings. The van der Waals surface area contributed by atoms with Crippen LogP contribution in [-0.2, 0) is 32.2 Å². The minimum absolute atomic E-state index is 0.249. The van der Waals surface area contributed by atoms with Crippen molar-refractivity contribution in [3.8, 4) is 0 Å². The molecule has 2 N–H and O–H groups in total. The van der Waals surface area contributed by atoms with Gasteiger partial charge in [-0.3, -0.25) is 0 Å². The second kappa shape index (κ2) is 9.14. The van der Waals surface area contributed by atoms with Gasteiger partial charge in [-0.25, -0.2) is 0 Å². The molecule has 1 aliphatic heterocycles. The van der Waals surface area contributed by atoms with E-state index in [4.69, 9.17) is 18.9 Å². The van der Waals surface area contributed by atoms with E-state index in [-0.39, 0.29) is 6.61 Å². The Hall–Kier alpha value is -1.80. The molecule has 0 radical (unpaired) electrons. The summed E-state index contributed by atoms with van der Waals surface area (Å²) in [5.74, 6) is -1.25. The minimum Gasteiger partial charge on any atom is -0.390 e. The molecule has 0 spiro atoms. The number of benzene rings is 2. The lowest BCUT2D eigenvalue weighted by Gasteiger charge is -2.43. The maximum Gasteiger partial charge on any atom is 0.163 e. The van der Waals surface area contributed by atoms with Crippen LogP contribution in [0.3, 0.4) is 0 Å². The maximum absolute atomic E-state index is 10.9. The van der Waals surface area contributed by atoms with Crippen molar-refractivity contribution >= 4 is 0 Å². The smallest absolute Gasteiger partial charge is 0.163 e. The summed E-state index contributed by atoms with van der Waals surface area (Å²) in [7, 11) is 0. The molecule has 0 bridgehead atoms. The van der Waals surface area contributed by atoms with Gasteiger partial charge < -0.3 is 29.2 Å². The number of fused-ring (bicyclic) bond motifs is 1. The minimum atomic E-state index is -1.10. The molecule has 2 aromatic carbocycles. The van der Waals surface area contributed by atoms with Crippen molar-refractivity contribution in [3.63, 3.8) is 0 Å². The van der Waals surface area contributed by atoms with Crippen molar-refractivity contribution in [2.24, 2.45) is 5.92 Å². The van der Waals surface area contributed by atoms with Crippen LogP contribution >= 0.6 is 0 Å². The van der Waals surface area contributed by atoms with Gasteiger partial charge in [0.05, 0.1) is 32.0 Å². The fourth-order valence-electron chi connectivity index (χ4n) is 4.28. The van der Waals surface area contributed by atoms with Crippen LogP contribution in [0.25, 0.3) is 0 Å². The van der Waals surface area contributed by atoms with Crippen molar-refractivity contribution in [1.82, 2.24) is 0 Å². The van der Waals surface area contributed by atoms with E-state index in [0.717, 1.165) is 11.1 Å². The monoisotopic (exact) mass is 414 g/mol. The topological polar surface area (TPSA) is 77.4 Å². The van der Waals surface area contributed by atoms with Crippen LogP contribution in [0.15, 0.2) is 60.7 Å². The molecule has 4 rings (SSSR count). The van der Waals surface area contributed by atoms with Crippen LogP contribution in [0.1, 0.15) is 25.0 Å². The van der Waals surface area contributed by atoms with Crippen LogP contribution in [0, 0.1) is 5.92 Å². The molecular formula is C24H30O6. The van der Waals surface area contributed by atoms with Crippen molar-refractivity contribution < 1.29 is 29.2 Å². The number of ether oxygens (including phenoxy) is 4. The van der Waals surface area contributed by atoms with Gasteiger partial charge in [0.1, 0.15) is 18.3 Å². The first-order valence-electron chi connectivity index (χ1n) is 10.4. The van der Waals surface area contributed by atoms with E-state index < -0.39 is 42.2 Å². The standard InChI is InChI=1S/C24H30O6/c1-24(2)29-21-18(15-27-13-16-9-5-3-6-10-16)19(25)20(26)22(23(21)30-24)28-14-17-11-7-4-8-12-17/h3-12,18-23,25-26H,13-15H2,1-2H3/t18-,19+,20-,21+,22+,23+/m0/s1. The Bertz CT molecular complexity index is 796. The Kier molecular flexibility index (Phi) is 6.53. The fraction of sp³-hybridized carbons (Fsp3) is 0.500. The summed E-state index contributed by atoms with van der Waals surface area (Å²) < 4.78 is 24.1. The summed E-state index contributed by atoms with van der Waals surface area (Å²) in [5.41, 5.74) is 2.04. The Balaban J connectivity index is 1.44. The third-order valence-corrected chi connectivity index (χ3v) is 5.74. The summed E-state index contributed by atoms with van der Waals surface area (Å²) in [6.45, 7) is 4.66. The van der Waals surface area contributed by atoms with Gasteiger partial charge in [0.25, 0.3) is 0 Å². The van der Waals surface area contributed by atoms with Crippen LogP contribution < -0.4 is 0 Å². The molecule has 30 heavy (non-hydrogen) atoms. The van der Waals surface area contributed by atoms with E-state index in [1.54, 1.807) is 0 Å². The van der Waals surface area contributed by atoms with Gasteiger partial charge in [0, 0.05) is 5.92 Å². The van der Waals surface area contributed by atoms with Crippen molar-refractivity contribution in [3.05, 3.63) is 71.8 Å². The van der Waals surface area contributed by atoms with Crippen molar-refractivity contribution in [2.45, 2.75) is 63.4 Å². The Labute approximate surface area is 177 Å². The van der Waals surface area contributed by atoms with Crippen LogP contribution in [0.2, 0.25) is 0 Å².